The second kappa shape index (κ2) is 7.39. The number of hydrogen-bond acceptors (Lipinski definition) is 3. The van der Waals surface area contributed by atoms with Crippen LogP contribution in [0.15, 0.2) is 105 Å². The summed E-state index contributed by atoms with van der Waals surface area (Å²) in [5.74, 6) is 0. The number of sulfonamides is 1. The topological polar surface area (TPSA) is 63.6 Å². The highest BCUT2D eigenvalue weighted by Gasteiger charge is 2.30. The van der Waals surface area contributed by atoms with Gasteiger partial charge in [0, 0.05) is 0 Å². The average Bonchev–Trinajstić information content (AvgIpc) is 2.69. The van der Waals surface area contributed by atoms with E-state index in [0.29, 0.717) is 0 Å². The van der Waals surface area contributed by atoms with Crippen molar-refractivity contribution < 1.29 is 17.0 Å². The monoisotopic (exact) mass is 389 g/mol. The molecule has 0 aliphatic rings. The van der Waals surface area contributed by atoms with E-state index >= 15 is 4.39 Å². The van der Waals surface area contributed by atoms with Gasteiger partial charge in [-0.05, 0) is 29.8 Å². The van der Waals surface area contributed by atoms with Gasteiger partial charge in [0.15, 0.2) is 0 Å². The molecule has 0 saturated heterocycles. The Morgan fingerprint density at radius 1 is 0.654 bits per heavy atom. The van der Waals surface area contributed by atoms with E-state index in [2.05, 4.69) is 3.77 Å². The van der Waals surface area contributed by atoms with Gasteiger partial charge in [0.1, 0.15) is 9.73 Å². The van der Waals surface area contributed by atoms with E-state index in [4.69, 9.17) is 0 Å². The van der Waals surface area contributed by atoms with Crippen LogP contribution in [-0.4, -0.2) is 12.6 Å². The number of benzene rings is 3. The summed E-state index contributed by atoms with van der Waals surface area (Å²) in [5.41, 5.74) is -1.99. The van der Waals surface area contributed by atoms with E-state index in [-0.39, 0.29) is 15.4 Å². The van der Waals surface area contributed by atoms with Crippen LogP contribution in [0.1, 0.15) is 11.1 Å². The lowest BCUT2D eigenvalue weighted by Gasteiger charge is -2.15. The van der Waals surface area contributed by atoms with E-state index < -0.39 is 25.3 Å². The fourth-order valence-corrected chi connectivity index (χ4v) is 6.36. The number of nitrogens with zero attached hydrogens (tertiary/aromatic N) is 1. The van der Waals surface area contributed by atoms with E-state index in [1.807, 2.05) is 0 Å². The average molecular weight is 389 g/mol. The summed E-state index contributed by atoms with van der Waals surface area (Å²) in [7, 11) is -8.24. The molecule has 7 heteroatoms. The Kier molecular flexibility index (Phi) is 5.20. The molecule has 0 aromatic heterocycles. The third-order valence-corrected chi connectivity index (χ3v) is 7.99. The summed E-state index contributed by atoms with van der Waals surface area (Å²) in [6.07, 6.45) is 0. The van der Waals surface area contributed by atoms with Gasteiger partial charge in [-0.15, -0.1) is 0 Å². The summed E-state index contributed by atoms with van der Waals surface area (Å²) < 4.78 is 57.7. The minimum atomic E-state index is -4.31. The van der Waals surface area contributed by atoms with Gasteiger partial charge in [-0.3, -0.25) is 0 Å². The van der Waals surface area contributed by atoms with Crippen LogP contribution in [0, 0.1) is 0 Å². The number of rotatable bonds is 5. The molecule has 3 aromatic rings. The van der Waals surface area contributed by atoms with E-state index in [1.54, 1.807) is 42.5 Å². The Labute approximate surface area is 152 Å². The number of halogens is 1. The molecule has 0 aliphatic carbocycles. The maximum atomic E-state index is 15.3. The molecule has 0 amide bonds. The van der Waals surface area contributed by atoms with Crippen molar-refractivity contribution in [2.75, 3.05) is 0 Å². The Morgan fingerprint density at radius 2 is 1.08 bits per heavy atom. The van der Waals surface area contributed by atoms with Crippen molar-refractivity contribution in [3.63, 3.8) is 0 Å². The minimum absolute atomic E-state index is 0.0239. The van der Waals surface area contributed by atoms with Crippen molar-refractivity contribution in [3.8, 4) is 0 Å². The standard InChI is InChI=1S/C19H16FNO3S2/c20-19(16-10-4-1-5-11-16)25(22,17-12-6-2-7-13-17)21-26(23,24)18-14-8-3-9-15-18/h1-15,19H/t19-,25+/m1/s1. The Morgan fingerprint density at radius 3 is 1.58 bits per heavy atom. The van der Waals surface area contributed by atoms with Gasteiger partial charge in [-0.25, -0.2) is 8.60 Å². The molecule has 0 N–H and O–H groups in total. The first-order chi connectivity index (χ1) is 12.4. The highest BCUT2D eigenvalue weighted by Crippen LogP contribution is 2.34. The first-order valence-corrected chi connectivity index (χ1v) is 10.8. The lowest BCUT2D eigenvalue weighted by molar-refractivity contribution is 0.450. The van der Waals surface area contributed by atoms with Gasteiger partial charge < -0.3 is 0 Å². The lowest BCUT2D eigenvalue weighted by atomic mass is 10.2. The van der Waals surface area contributed by atoms with Crippen molar-refractivity contribution >= 4 is 19.8 Å². The third kappa shape index (κ3) is 3.68. The molecule has 0 radical (unpaired) electrons. The molecule has 0 unspecified atom stereocenters. The first kappa shape index (κ1) is 18.3. The zero-order valence-electron chi connectivity index (χ0n) is 13.6. The van der Waals surface area contributed by atoms with Gasteiger partial charge in [0.2, 0.25) is 5.50 Å². The fourth-order valence-electron chi connectivity index (χ4n) is 2.39. The van der Waals surface area contributed by atoms with Crippen LogP contribution >= 0.6 is 0 Å². The summed E-state index contributed by atoms with van der Waals surface area (Å²) in [6.45, 7) is 0. The third-order valence-electron chi connectivity index (χ3n) is 3.67. The largest absolute Gasteiger partial charge is 0.290 e. The normalized spacial score (nSPS) is 15.0. The van der Waals surface area contributed by atoms with Crippen molar-refractivity contribution in [1.82, 2.24) is 0 Å². The molecule has 134 valence electrons. The van der Waals surface area contributed by atoms with Crippen LogP contribution in [0.25, 0.3) is 0 Å². The van der Waals surface area contributed by atoms with Crippen LogP contribution in [0.3, 0.4) is 0 Å². The molecule has 0 heterocycles. The minimum Gasteiger partial charge on any atom is -0.240 e. The Bertz CT molecular complexity index is 1090. The van der Waals surface area contributed by atoms with Gasteiger partial charge in [-0.2, -0.15) is 8.42 Å². The predicted molar refractivity (Wildman–Crippen MR) is 99.2 cm³/mol. The van der Waals surface area contributed by atoms with Crippen LogP contribution in [0.4, 0.5) is 4.39 Å². The van der Waals surface area contributed by atoms with Crippen LogP contribution < -0.4 is 0 Å². The quantitative estimate of drug-likeness (QED) is 0.642. The molecule has 2 atom stereocenters. The van der Waals surface area contributed by atoms with Crippen molar-refractivity contribution in [2.45, 2.75) is 15.3 Å². The molecule has 0 bridgehead atoms. The first-order valence-electron chi connectivity index (χ1n) is 7.75. The second-order valence-corrected chi connectivity index (χ2v) is 9.51. The van der Waals surface area contributed by atoms with Crippen molar-refractivity contribution in [2.24, 2.45) is 3.77 Å². The van der Waals surface area contributed by atoms with Gasteiger partial charge in [0.25, 0.3) is 10.0 Å². The number of hydrogen-bond donors (Lipinski definition) is 0. The zero-order chi connectivity index (χ0) is 18.6. The summed E-state index contributed by atoms with van der Waals surface area (Å²) in [6, 6.07) is 22.8. The van der Waals surface area contributed by atoms with Gasteiger partial charge in [0.05, 0.1) is 9.79 Å². The zero-order valence-corrected chi connectivity index (χ0v) is 15.2. The van der Waals surface area contributed by atoms with E-state index in [9.17, 15) is 12.6 Å². The molecule has 0 aliphatic heterocycles. The van der Waals surface area contributed by atoms with Crippen molar-refractivity contribution in [1.29, 1.82) is 0 Å². The molecular weight excluding hydrogens is 373 g/mol. The Balaban J connectivity index is 2.24. The summed E-state index contributed by atoms with van der Waals surface area (Å²) in [4.78, 5) is -0.111. The predicted octanol–water partition coefficient (Wildman–Crippen LogP) is 4.57. The maximum absolute atomic E-state index is 15.3. The molecule has 0 spiro atoms. The molecule has 3 aromatic carbocycles. The number of alkyl halides is 1. The van der Waals surface area contributed by atoms with Crippen molar-refractivity contribution in [3.05, 3.63) is 96.6 Å². The maximum Gasteiger partial charge on any atom is 0.290 e. The molecule has 0 saturated carbocycles. The van der Waals surface area contributed by atoms with Gasteiger partial charge >= 0.3 is 0 Å². The lowest BCUT2D eigenvalue weighted by Crippen LogP contribution is -2.13. The summed E-state index contributed by atoms with van der Waals surface area (Å²) >= 11 is 0. The fraction of sp³-hybridized carbons (Fsp3) is 0.0526. The molecule has 26 heavy (non-hydrogen) atoms. The van der Waals surface area contributed by atoms with Crippen LogP contribution in [-0.2, 0) is 19.8 Å². The molecule has 3 rings (SSSR count). The van der Waals surface area contributed by atoms with E-state index in [1.165, 1.54) is 48.5 Å². The Hall–Kier alpha value is -2.51. The SMILES string of the molecule is O=S(=O)(N=[S@](=O)(c1ccccc1)[C@@H](F)c1ccccc1)c1ccccc1. The van der Waals surface area contributed by atoms with E-state index in [0.717, 1.165) is 0 Å². The van der Waals surface area contributed by atoms with Crippen LogP contribution in [0.5, 0.6) is 0 Å². The smallest absolute Gasteiger partial charge is 0.240 e. The molecule has 0 fully saturated rings. The van der Waals surface area contributed by atoms with Gasteiger partial charge in [-0.1, -0.05) is 70.5 Å². The highest BCUT2D eigenvalue weighted by atomic mass is 32.3. The van der Waals surface area contributed by atoms with Crippen LogP contribution in [0.2, 0.25) is 0 Å². The summed E-state index contributed by atoms with van der Waals surface area (Å²) in [5, 5.41) is 0. The second-order valence-electron chi connectivity index (χ2n) is 5.47. The molecule has 4 nitrogen and oxygen atoms in total. The highest BCUT2D eigenvalue weighted by molar-refractivity contribution is 8.03. The molecular formula is C19H16FNO3S2.